The van der Waals surface area contributed by atoms with Gasteiger partial charge in [0.2, 0.25) is 0 Å². The Morgan fingerprint density at radius 2 is 2.00 bits per heavy atom. The van der Waals surface area contributed by atoms with Crippen LogP contribution in [0.5, 0.6) is 0 Å². The zero-order valence-corrected chi connectivity index (χ0v) is 15.2. The van der Waals surface area contributed by atoms with E-state index in [9.17, 15) is 0 Å². The average Bonchev–Trinajstić information content (AvgIpc) is 2.48. The molecule has 0 aliphatic carbocycles. The lowest BCUT2D eigenvalue weighted by Gasteiger charge is -2.28. The summed E-state index contributed by atoms with van der Waals surface area (Å²) in [5.74, 6) is 0. The molecule has 2 aromatic rings. The van der Waals surface area contributed by atoms with E-state index in [0.717, 1.165) is 27.7 Å². The predicted octanol–water partition coefficient (Wildman–Crippen LogP) is 5.21. The number of nitrogens with one attached hydrogen (secondary N) is 1. The molecule has 21 heavy (non-hydrogen) atoms. The molecule has 0 amide bonds. The number of hydrogen-bond acceptors (Lipinski definition) is 2. The van der Waals surface area contributed by atoms with Gasteiger partial charge in [0.15, 0.2) is 0 Å². The highest BCUT2D eigenvalue weighted by Gasteiger charge is 2.13. The van der Waals surface area contributed by atoms with Gasteiger partial charge >= 0.3 is 0 Å². The fraction of sp³-hybridized carbons (Fsp3) is 0.294. The third kappa shape index (κ3) is 3.43. The van der Waals surface area contributed by atoms with Gasteiger partial charge in [-0.2, -0.15) is 0 Å². The van der Waals surface area contributed by atoms with Crippen molar-refractivity contribution in [3.8, 4) is 0 Å². The van der Waals surface area contributed by atoms with Crippen molar-refractivity contribution in [1.29, 1.82) is 0 Å². The van der Waals surface area contributed by atoms with E-state index in [2.05, 4.69) is 73.4 Å². The molecule has 0 atom stereocenters. The van der Waals surface area contributed by atoms with E-state index in [-0.39, 0.29) is 0 Å². The van der Waals surface area contributed by atoms with E-state index >= 15 is 0 Å². The summed E-state index contributed by atoms with van der Waals surface area (Å²) < 4.78 is 2.17. The monoisotopic (exact) mass is 408 g/mol. The first-order chi connectivity index (χ1) is 10.1. The Labute approximate surface area is 142 Å². The average molecular weight is 410 g/mol. The maximum Gasteiger partial charge on any atom is 0.0498 e. The van der Waals surface area contributed by atoms with E-state index < -0.39 is 0 Å². The van der Waals surface area contributed by atoms with Crippen molar-refractivity contribution >= 4 is 43.2 Å². The van der Waals surface area contributed by atoms with Gasteiger partial charge in [0.1, 0.15) is 0 Å². The molecule has 1 heterocycles. The maximum absolute atomic E-state index is 3.58. The number of fused-ring (bicyclic) bond motifs is 1. The van der Waals surface area contributed by atoms with Gasteiger partial charge in [0, 0.05) is 40.5 Å². The Balaban J connectivity index is 1.75. The summed E-state index contributed by atoms with van der Waals surface area (Å²) in [6, 6.07) is 13.0. The smallest absolute Gasteiger partial charge is 0.0498 e. The molecule has 1 N–H and O–H groups in total. The van der Waals surface area contributed by atoms with Gasteiger partial charge in [-0.05, 0) is 64.2 Å². The molecule has 0 bridgehead atoms. The van der Waals surface area contributed by atoms with E-state index in [1.807, 2.05) is 12.1 Å². The minimum absolute atomic E-state index is 0.839. The number of halogens is 2. The Morgan fingerprint density at radius 3 is 2.86 bits per heavy atom. The first-order valence-corrected chi connectivity index (χ1v) is 8.74. The highest BCUT2D eigenvalue weighted by Crippen LogP contribution is 2.29. The quantitative estimate of drug-likeness (QED) is 0.748. The summed E-state index contributed by atoms with van der Waals surface area (Å²) in [6.45, 7) is 2.00. The van der Waals surface area contributed by atoms with E-state index in [1.54, 1.807) is 0 Å². The number of hydrogen-bond donors (Lipinski definition) is 1. The lowest BCUT2D eigenvalue weighted by atomic mass is 9.99. The molecular formula is C17H18Br2N2. The first kappa shape index (κ1) is 14.9. The predicted molar refractivity (Wildman–Crippen MR) is 97.2 cm³/mol. The van der Waals surface area contributed by atoms with Gasteiger partial charge in [0.25, 0.3) is 0 Å². The van der Waals surface area contributed by atoms with Gasteiger partial charge in [-0.15, -0.1) is 0 Å². The summed E-state index contributed by atoms with van der Waals surface area (Å²) in [5.41, 5.74) is 5.29. The summed E-state index contributed by atoms with van der Waals surface area (Å²) in [4.78, 5) is 2.35. The summed E-state index contributed by atoms with van der Waals surface area (Å²) >= 11 is 7.09. The molecule has 2 aromatic carbocycles. The van der Waals surface area contributed by atoms with Crippen LogP contribution in [0, 0.1) is 0 Å². The number of rotatable bonds is 3. The van der Waals surface area contributed by atoms with Crippen LogP contribution in [-0.2, 0) is 13.0 Å². The largest absolute Gasteiger partial charge is 0.380 e. The Kier molecular flexibility index (Phi) is 4.55. The SMILES string of the molecule is CN1CCCc2cc(CNc3cc(Br)ccc3Br)ccc21. The van der Waals surface area contributed by atoms with E-state index in [1.165, 1.54) is 29.7 Å². The molecule has 0 radical (unpaired) electrons. The Hall–Kier alpha value is -1.00. The molecule has 2 nitrogen and oxygen atoms in total. The minimum atomic E-state index is 0.839. The fourth-order valence-electron chi connectivity index (χ4n) is 2.78. The summed E-state index contributed by atoms with van der Waals surface area (Å²) in [5, 5.41) is 3.50. The molecule has 0 fully saturated rings. The number of aryl methyl sites for hydroxylation is 1. The van der Waals surface area contributed by atoms with Gasteiger partial charge in [-0.25, -0.2) is 0 Å². The van der Waals surface area contributed by atoms with Crippen molar-refractivity contribution in [2.45, 2.75) is 19.4 Å². The zero-order chi connectivity index (χ0) is 14.8. The molecule has 0 unspecified atom stereocenters. The van der Waals surface area contributed by atoms with Crippen molar-refractivity contribution < 1.29 is 0 Å². The van der Waals surface area contributed by atoms with Gasteiger partial charge in [0.05, 0.1) is 0 Å². The molecule has 4 heteroatoms. The number of nitrogens with zero attached hydrogens (tertiary/aromatic N) is 1. The molecule has 3 rings (SSSR count). The lowest BCUT2D eigenvalue weighted by Crippen LogP contribution is -2.24. The second kappa shape index (κ2) is 6.41. The topological polar surface area (TPSA) is 15.3 Å². The van der Waals surface area contributed by atoms with Crippen molar-refractivity contribution in [1.82, 2.24) is 0 Å². The van der Waals surface area contributed by atoms with Crippen LogP contribution in [0.15, 0.2) is 45.3 Å². The van der Waals surface area contributed by atoms with Crippen LogP contribution in [0.1, 0.15) is 17.5 Å². The minimum Gasteiger partial charge on any atom is -0.380 e. The Bertz CT molecular complexity index is 655. The van der Waals surface area contributed by atoms with Crippen molar-refractivity contribution in [3.63, 3.8) is 0 Å². The van der Waals surface area contributed by atoms with Crippen LogP contribution in [0.3, 0.4) is 0 Å². The molecule has 0 saturated carbocycles. The molecule has 110 valence electrons. The first-order valence-electron chi connectivity index (χ1n) is 7.15. The lowest BCUT2D eigenvalue weighted by molar-refractivity contribution is 0.743. The number of benzene rings is 2. The highest BCUT2D eigenvalue weighted by molar-refractivity contribution is 9.11. The van der Waals surface area contributed by atoms with E-state index in [4.69, 9.17) is 0 Å². The van der Waals surface area contributed by atoms with Crippen molar-refractivity contribution in [2.24, 2.45) is 0 Å². The van der Waals surface area contributed by atoms with Gasteiger partial charge in [-0.1, -0.05) is 28.1 Å². The van der Waals surface area contributed by atoms with Crippen LogP contribution < -0.4 is 10.2 Å². The molecule has 1 aliphatic heterocycles. The maximum atomic E-state index is 3.58. The summed E-state index contributed by atoms with van der Waals surface area (Å²) in [7, 11) is 2.18. The van der Waals surface area contributed by atoms with Crippen molar-refractivity contribution in [2.75, 3.05) is 23.8 Å². The second-order valence-corrected chi connectivity index (χ2v) is 7.24. The third-order valence-electron chi connectivity index (χ3n) is 3.91. The normalized spacial score (nSPS) is 14.0. The van der Waals surface area contributed by atoms with Gasteiger partial charge < -0.3 is 10.2 Å². The second-order valence-electron chi connectivity index (χ2n) is 5.47. The van der Waals surface area contributed by atoms with Crippen LogP contribution in [0.2, 0.25) is 0 Å². The molecule has 0 saturated heterocycles. The van der Waals surface area contributed by atoms with E-state index in [0.29, 0.717) is 0 Å². The fourth-order valence-corrected chi connectivity index (χ4v) is 3.53. The third-order valence-corrected chi connectivity index (χ3v) is 5.09. The van der Waals surface area contributed by atoms with Crippen LogP contribution in [-0.4, -0.2) is 13.6 Å². The molecular weight excluding hydrogens is 392 g/mol. The van der Waals surface area contributed by atoms with Crippen LogP contribution in [0.4, 0.5) is 11.4 Å². The van der Waals surface area contributed by atoms with Crippen LogP contribution >= 0.6 is 31.9 Å². The molecule has 0 spiro atoms. The molecule has 1 aliphatic rings. The Morgan fingerprint density at radius 1 is 1.14 bits per heavy atom. The summed E-state index contributed by atoms with van der Waals surface area (Å²) in [6.07, 6.45) is 2.44. The standard InChI is InChI=1S/C17H18Br2N2/c1-21-8-2-3-13-9-12(4-7-17(13)21)11-20-16-10-14(18)5-6-15(16)19/h4-7,9-10,20H,2-3,8,11H2,1H3. The number of anilines is 2. The van der Waals surface area contributed by atoms with Crippen LogP contribution in [0.25, 0.3) is 0 Å². The van der Waals surface area contributed by atoms with Gasteiger partial charge in [-0.3, -0.25) is 0 Å². The molecule has 0 aromatic heterocycles. The van der Waals surface area contributed by atoms with Crippen molar-refractivity contribution in [3.05, 3.63) is 56.5 Å². The highest BCUT2D eigenvalue weighted by atomic mass is 79.9. The zero-order valence-electron chi connectivity index (χ0n) is 12.0.